The molecule has 0 spiro atoms. The molecule has 1 aliphatic rings. The molecule has 0 saturated carbocycles. The summed E-state index contributed by atoms with van der Waals surface area (Å²) in [6.45, 7) is 4.06. The minimum atomic E-state index is -0.204. The van der Waals surface area contributed by atoms with Gasteiger partial charge in [0.2, 0.25) is 5.91 Å². The molecular formula is C13H22N4O. The molecular weight excluding hydrogens is 228 g/mol. The molecule has 1 aromatic heterocycles. The van der Waals surface area contributed by atoms with Gasteiger partial charge >= 0.3 is 0 Å². The Bertz CT molecular complexity index is 393. The fourth-order valence-corrected chi connectivity index (χ4v) is 2.53. The third-order valence-electron chi connectivity index (χ3n) is 3.62. The van der Waals surface area contributed by atoms with Gasteiger partial charge in [0.05, 0.1) is 6.54 Å². The molecule has 2 heterocycles. The average molecular weight is 250 g/mol. The Kier molecular flexibility index (Phi) is 4.36. The van der Waals surface area contributed by atoms with Crippen molar-refractivity contribution in [3.63, 3.8) is 0 Å². The van der Waals surface area contributed by atoms with Gasteiger partial charge in [0.15, 0.2) is 0 Å². The van der Waals surface area contributed by atoms with Crippen LogP contribution in [0.4, 0.5) is 0 Å². The third-order valence-corrected chi connectivity index (χ3v) is 3.62. The van der Waals surface area contributed by atoms with Gasteiger partial charge in [0.25, 0.3) is 0 Å². The van der Waals surface area contributed by atoms with Crippen LogP contribution in [0.1, 0.15) is 44.5 Å². The van der Waals surface area contributed by atoms with Crippen LogP contribution < -0.4 is 5.73 Å². The predicted octanol–water partition coefficient (Wildman–Crippen LogP) is 1.31. The summed E-state index contributed by atoms with van der Waals surface area (Å²) in [6, 6.07) is -0.204. The first-order valence-electron chi connectivity index (χ1n) is 6.74. The molecule has 1 unspecified atom stereocenters. The van der Waals surface area contributed by atoms with Gasteiger partial charge in [-0.15, -0.1) is 0 Å². The van der Waals surface area contributed by atoms with E-state index in [0.29, 0.717) is 6.54 Å². The summed E-state index contributed by atoms with van der Waals surface area (Å²) in [5, 5.41) is 0. The lowest BCUT2D eigenvalue weighted by Crippen LogP contribution is -2.37. The summed E-state index contributed by atoms with van der Waals surface area (Å²) in [5.41, 5.74) is 5.63. The van der Waals surface area contributed by atoms with Crippen LogP contribution in [0.15, 0.2) is 12.4 Å². The maximum Gasteiger partial charge on any atom is 0.245 e. The van der Waals surface area contributed by atoms with Crippen LogP contribution >= 0.6 is 0 Å². The molecule has 1 saturated heterocycles. The highest BCUT2D eigenvalue weighted by Crippen LogP contribution is 2.16. The second-order valence-corrected chi connectivity index (χ2v) is 4.87. The van der Waals surface area contributed by atoms with Gasteiger partial charge in [0.1, 0.15) is 11.9 Å². The van der Waals surface area contributed by atoms with E-state index in [1.165, 1.54) is 12.8 Å². The Hall–Kier alpha value is -1.36. The molecule has 5 nitrogen and oxygen atoms in total. The van der Waals surface area contributed by atoms with Crippen molar-refractivity contribution in [2.75, 3.05) is 13.1 Å². The molecule has 1 fully saturated rings. The van der Waals surface area contributed by atoms with Crippen molar-refractivity contribution < 1.29 is 4.79 Å². The Morgan fingerprint density at radius 3 is 2.67 bits per heavy atom. The monoisotopic (exact) mass is 250 g/mol. The van der Waals surface area contributed by atoms with Crippen LogP contribution in [0.25, 0.3) is 0 Å². The number of imidazole rings is 1. The zero-order chi connectivity index (χ0) is 13.0. The maximum absolute atomic E-state index is 12.5. The van der Waals surface area contributed by atoms with Crippen LogP contribution in [-0.4, -0.2) is 33.4 Å². The highest BCUT2D eigenvalue weighted by atomic mass is 16.2. The van der Waals surface area contributed by atoms with E-state index in [9.17, 15) is 4.79 Å². The first-order valence-corrected chi connectivity index (χ1v) is 6.74. The number of carbonyl (C=O) groups is 1. The van der Waals surface area contributed by atoms with Gasteiger partial charge in [-0.05, 0) is 19.8 Å². The molecule has 1 aliphatic heterocycles. The molecule has 100 valence electrons. The van der Waals surface area contributed by atoms with Crippen LogP contribution in [0, 0.1) is 0 Å². The van der Waals surface area contributed by atoms with Crippen LogP contribution in [-0.2, 0) is 11.3 Å². The summed E-state index contributed by atoms with van der Waals surface area (Å²) < 4.78 is 1.88. The largest absolute Gasteiger partial charge is 0.341 e. The molecule has 0 aliphatic carbocycles. The minimum absolute atomic E-state index is 0.185. The topological polar surface area (TPSA) is 64.2 Å². The first kappa shape index (κ1) is 13.1. The fraction of sp³-hybridized carbons (Fsp3) is 0.692. The number of nitrogens with two attached hydrogens (primary N) is 1. The lowest BCUT2D eigenvalue weighted by Gasteiger charge is -2.25. The van der Waals surface area contributed by atoms with Crippen molar-refractivity contribution in [2.45, 2.75) is 45.2 Å². The number of hydrogen-bond acceptors (Lipinski definition) is 3. The Morgan fingerprint density at radius 1 is 1.39 bits per heavy atom. The molecule has 1 aromatic rings. The SMILES string of the molecule is CC(C(=O)N1CCCCCC1)n1ccnc1CN. The third kappa shape index (κ3) is 2.72. The number of amides is 1. The van der Waals surface area contributed by atoms with Crippen molar-refractivity contribution >= 4 is 5.91 Å². The normalized spacial score (nSPS) is 18.4. The highest BCUT2D eigenvalue weighted by Gasteiger charge is 2.23. The van der Waals surface area contributed by atoms with E-state index in [-0.39, 0.29) is 11.9 Å². The number of rotatable bonds is 3. The predicted molar refractivity (Wildman–Crippen MR) is 69.9 cm³/mol. The average Bonchev–Trinajstić information content (AvgIpc) is 2.70. The molecule has 18 heavy (non-hydrogen) atoms. The molecule has 5 heteroatoms. The van der Waals surface area contributed by atoms with Gasteiger partial charge in [-0.2, -0.15) is 0 Å². The minimum Gasteiger partial charge on any atom is -0.341 e. The Labute approximate surface area is 108 Å². The summed E-state index contributed by atoms with van der Waals surface area (Å²) in [5.74, 6) is 0.954. The number of hydrogen-bond donors (Lipinski definition) is 1. The van der Waals surface area contributed by atoms with Gasteiger partial charge < -0.3 is 15.2 Å². The number of nitrogens with zero attached hydrogens (tertiary/aromatic N) is 3. The van der Waals surface area contributed by atoms with E-state index in [0.717, 1.165) is 31.8 Å². The summed E-state index contributed by atoms with van der Waals surface area (Å²) in [4.78, 5) is 18.6. The van der Waals surface area contributed by atoms with E-state index in [4.69, 9.17) is 5.73 Å². The zero-order valence-electron chi connectivity index (χ0n) is 11.0. The van der Waals surface area contributed by atoms with E-state index in [2.05, 4.69) is 4.98 Å². The van der Waals surface area contributed by atoms with Gasteiger partial charge in [-0.1, -0.05) is 12.8 Å². The number of likely N-dealkylation sites (tertiary alicyclic amines) is 1. The smallest absolute Gasteiger partial charge is 0.245 e. The van der Waals surface area contributed by atoms with Gasteiger partial charge in [-0.25, -0.2) is 4.98 Å². The number of carbonyl (C=O) groups excluding carboxylic acids is 1. The molecule has 0 bridgehead atoms. The lowest BCUT2D eigenvalue weighted by molar-refractivity contribution is -0.134. The zero-order valence-corrected chi connectivity index (χ0v) is 11.0. The van der Waals surface area contributed by atoms with Crippen molar-refractivity contribution in [3.8, 4) is 0 Å². The number of aromatic nitrogens is 2. The quantitative estimate of drug-likeness (QED) is 0.879. The van der Waals surface area contributed by atoms with Crippen molar-refractivity contribution in [1.82, 2.24) is 14.5 Å². The molecule has 1 atom stereocenters. The van der Waals surface area contributed by atoms with Gasteiger partial charge in [0, 0.05) is 25.5 Å². The molecule has 0 aromatic carbocycles. The van der Waals surface area contributed by atoms with Crippen molar-refractivity contribution in [1.29, 1.82) is 0 Å². The highest BCUT2D eigenvalue weighted by molar-refractivity contribution is 5.80. The van der Waals surface area contributed by atoms with Crippen LogP contribution in [0.2, 0.25) is 0 Å². The van der Waals surface area contributed by atoms with Crippen molar-refractivity contribution in [2.24, 2.45) is 5.73 Å². The van der Waals surface area contributed by atoms with Crippen LogP contribution in [0.3, 0.4) is 0 Å². The van der Waals surface area contributed by atoms with Crippen LogP contribution in [0.5, 0.6) is 0 Å². The standard InChI is InChI=1S/C13H22N4O/c1-11(17-9-6-15-12(17)10-14)13(18)16-7-4-2-3-5-8-16/h6,9,11H,2-5,7-8,10,14H2,1H3. The summed E-state index contributed by atoms with van der Waals surface area (Å²) >= 11 is 0. The Balaban J connectivity index is 2.07. The van der Waals surface area contributed by atoms with E-state index < -0.39 is 0 Å². The van der Waals surface area contributed by atoms with E-state index in [1.54, 1.807) is 6.20 Å². The molecule has 2 rings (SSSR count). The lowest BCUT2D eigenvalue weighted by atomic mass is 10.2. The molecule has 1 amide bonds. The molecule has 2 N–H and O–H groups in total. The second kappa shape index (κ2) is 6.00. The first-order chi connectivity index (χ1) is 8.74. The summed E-state index contributed by atoms with van der Waals surface area (Å²) in [7, 11) is 0. The fourth-order valence-electron chi connectivity index (χ4n) is 2.53. The molecule has 0 radical (unpaired) electrons. The summed E-state index contributed by atoms with van der Waals surface area (Å²) in [6.07, 6.45) is 8.24. The van der Waals surface area contributed by atoms with Gasteiger partial charge in [-0.3, -0.25) is 4.79 Å². The van der Waals surface area contributed by atoms with Crippen molar-refractivity contribution in [3.05, 3.63) is 18.2 Å². The maximum atomic E-state index is 12.5. The second-order valence-electron chi connectivity index (χ2n) is 4.87. The van der Waals surface area contributed by atoms with E-state index in [1.807, 2.05) is 22.6 Å². The van der Waals surface area contributed by atoms with E-state index >= 15 is 0 Å². The Morgan fingerprint density at radius 2 is 2.06 bits per heavy atom.